The lowest BCUT2D eigenvalue weighted by molar-refractivity contribution is 0.0879. The first-order valence-electron chi connectivity index (χ1n) is 9.56. The topological polar surface area (TPSA) is 59.9 Å². The summed E-state index contributed by atoms with van der Waals surface area (Å²) in [6, 6.07) is 1.31. The van der Waals surface area contributed by atoms with Crippen LogP contribution in [-0.2, 0) is 0 Å². The fraction of sp³-hybridized carbons (Fsp3) is 0.944. The number of nitrogens with one attached hydrogen (secondary N) is 2. The lowest BCUT2D eigenvalue weighted by Crippen LogP contribution is -2.49. The Bertz CT molecular complexity index is 404. The van der Waals surface area contributed by atoms with E-state index in [-0.39, 0.29) is 6.10 Å². The quantitative estimate of drug-likeness (QED) is 0.531. The smallest absolute Gasteiger partial charge is 0.191 e. The number of aliphatic imine (C=N–C) groups is 1. The Labute approximate surface area is 140 Å². The van der Waals surface area contributed by atoms with Gasteiger partial charge in [-0.3, -0.25) is 9.89 Å². The van der Waals surface area contributed by atoms with E-state index in [2.05, 4.69) is 27.4 Å². The molecule has 3 rings (SSSR count). The van der Waals surface area contributed by atoms with Crippen LogP contribution in [-0.4, -0.2) is 60.8 Å². The molecule has 3 fully saturated rings. The van der Waals surface area contributed by atoms with E-state index in [1.165, 1.54) is 51.5 Å². The van der Waals surface area contributed by atoms with Crippen LogP contribution in [0.5, 0.6) is 0 Å². The average Bonchev–Trinajstić information content (AvgIpc) is 3.36. The Balaban J connectivity index is 1.42. The van der Waals surface area contributed by atoms with Crippen molar-refractivity contribution in [1.29, 1.82) is 0 Å². The highest BCUT2D eigenvalue weighted by molar-refractivity contribution is 5.80. The molecule has 1 aliphatic heterocycles. The van der Waals surface area contributed by atoms with Gasteiger partial charge in [-0.2, -0.15) is 0 Å². The first-order chi connectivity index (χ1) is 11.2. The van der Waals surface area contributed by atoms with Gasteiger partial charge in [0.05, 0.1) is 6.10 Å². The van der Waals surface area contributed by atoms with E-state index in [4.69, 9.17) is 0 Å². The van der Waals surface area contributed by atoms with E-state index in [1.807, 2.05) is 7.05 Å². The van der Waals surface area contributed by atoms with Crippen LogP contribution in [0.4, 0.5) is 0 Å². The molecular weight excluding hydrogens is 288 g/mol. The Morgan fingerprint density at radius 3 is 2.57 bits per heavy atom. The second-order valence-corrected chi connectivity index (χ2v) is 7.83. The Morgan fingerprint density at radius 2 is 1.91 bits per heavy atom. The van der Waals surface area contributed by atoms with Gasteiger partial charge in [-0.05, 0) is 37.5 Å². The molecule has 0 aromatic carbocycles. The monoisotopic (exact) mass is 322 g/mol. The summed E-state index contributed by atoms with van der Waals surface area (Å²) in [6.45, 7) is 5.25. The van der Waals surface area contributed by atoms with Crippen molar-refractivity contribution in [2.45, 2.75) is 70.1 Å². The lowest BCUT2D eigenvalue weighted by Gasteiger charge is -2.28. The molecule has 5 heteroatoms. The second kappa shape index (κ2) is 7.84. The third-order valence-corrected chi connectivity index (χ3v) is 5.92. The van der Waals surface area contributed by atoms with Crippen molar-refractivity contribution >= 4 is 5.96 Å². The van der Waals surface area contributed by atoms with Crippen molar-refractivity contribution in [3.8, 4) is 0 Å². The van der Waals surface area contributed by atoms with Crippen molar-refractivity contribution in [3.63, 3.8) is 0 Å². The fourth-order valence-electron chi connectivity index (χ4n) is 4.19. The molecule has 132 valence electrons. The molecule has 23 heavy (non-hydrogen) atoms. The third-order valence-electron chi connectivity index (χ3n) is 5.92. The number of aliphatic hydroxyl groups excluding tert-OH is 1. The van der Waals surface area contributed by atoms with Gasteiger partial charge < -0.3 is 15.7 Å². The summed E-state index contributed by atoms with van der Waals surface area (Å²) in [4.78, 5) is 6.97. The van der Waals surface area contributed by atoms with Crippen molar-refractivity contribution in [3.05, 3.63) is 0 Å². The average molecular weight is 322 g/mol. The Morgan fingerprint density at radius 1 is 1.17 bits per heavy atom. The molecule has 5 nitrogen and oxygen atoms in total. The van der Waals surface area contributed by atoms with Crippen molar-refractivity contribution in [2.75, 3.05) is 26.7 Å². The molecule has 3 unspecified atom stereocenters. The first kappa shape index (κ1) is 17.0. The van der Waals surface area contributed by atoms with Crippen LogP contribution >= 0.6 is 0 Å². The summed E-state index contributed by atoms with van der Waals surface area (Å²) in [5.74, 6) is 1.96. The van der Waals surface area contributed by atoms with E-state index < -0.39 is 0 Å². The van der Waals surface area contributed by atoms with Gasteiger partial charge in [-0.1, -0.05) is 26.2 Å². The van der Waals surface area contributed by atoms with Gasteiger partial charge in [-0.25, -0.2) is 0 Å². The molecule has 3 atom stereocenters. The van der Waals surface area contributed by atoms with E-state index in [1.54, 1.807) is 0 Å². The highest BCUT2D eigenvalue weighted by Crippen LogP contribution is 2.31. The predicted octanol–water partition coefficient (Wildman–Crippen LogP) is 1.58. The predicted molar refractivity (Wildman–Crippen MR) is 94.6 cm³/mol. The standard InChI is InChI=1S/C18H34N4O/c1-13-11-22(15-8-9-15)12-16(13)21-18(19-2)20-10-17(23)14-6-4-3-5-7-14/h13-17,23H,3-12H2,1-2H3,(H2,19,20,21). The molecule has 0 radical (unpaired) electrons. The zero-order chi connectivity index (χ0) is 16.2. The van der Waals surface area contributed by atoms with E-state index >= 15 is 0 Å². The lowest BCUT2D eigenvalue weighted by atomic mass is 9.85. The number of rotatable bonds is 5. The second-order valence-electron chi connectivity index (χ2n) is 7.83. The summed E-state index contributed by atoms with van der Waals surface area (Å²) >= 11 is 0. The maximum absolute atomic E-state index is 10.4. The van der Waals surface area contributed by atoms with E-state index in [0.29, 0.717) is 24.4 Å². The van der Waals surface area contributed by atoms with Crippen molar-refractivity contribution < 1.29 is 5.11 Å². The van der Waals surface area contributed by atoms with Gasteiger partial charge in [0.25, 0.3) is 0 Å². The molecule has 2 saturated carbocycles. The SMILES string of the molecule is CN=C(NCC(O)C1CCCCC1)NC1CN(C2CC2)CC1C. The normalized spacial score (nSPS) is 32.0. The highest BCUT2D eigenvalue weighted by Gasteiger charge is 2.38. The van der Waals surface area contributed by atoms with Crippen LogP contribution in [0.1, 0.15) is 51.9 Å². The number of aliphatic hydroxyl groups is 1. The molecule has 0 spiro atoms. The Kier molecular flexibility index (Phi) is 5.81. The number of hydrogen-bond acceptors (Lipinski definition) is 3. The molecule has 0 aromatic rings. The van der Waals surface area contributed by atoms with E-state index in [9.17, 15) is 5.11 Å². The summed E-state index contributed by atoms with van der Waals surface area (Å²) < 4.78 is 0. The maximum Gasteiger partial charge on any atom is 0.191 e. The van der Waals surface area contributed by atoms with Crippen molar-refractivity contribution in [1.82, 2.24) is 15.5 Å². The zero-order valence-electron chi connectivity index (χ0n) is 14.8. The molecule has 0 amide bonds. The molecule has 0 bridgehead atoms. The number of nitrogens with zero attached hydrogens (tertiary/aromatic N) is 2. The van der Waals surface area contributed by atoms with Crippen LogP contribution in [0.3, 0.4) is 0 Å². The molecule has 2 aliphatic carbocycles. The van der Waals surface area contributed by atoms with Gasteiger partial charge in [0.1, 0.15) is 0 Å². The van der Waals surface area contributed by atoms with Gasteiger partial charge in [0.15, 0.2) is 5.96 Å². The fourth-order valence-corrected chi connectivity index (χ4v) is 4.19. The molecular formula is C18H34N4O. The largest absolute Gasteiger partial charge is 0.391 e. The number of guanidine groups is 1. The molecule has 3 aliphatic rings. The number of hydrogen-bond donors (Lipinski definition) is 3. The van der Waals surface area contributed by atoms with Crippen LogP contribution in [0, 0.1) is 11.8 Å². The van der Waals surface area contributed by atoms with Gasteiger partial charge in [0.2, 0.25) is 0 Å². The first-order valence-corrected chi connectivity index (χ1v) is 9.56. The summed E-state index contributed by atoms with van der Waals surface area (Å²) in [5.41, 5.74) is 0. The minimum Gasteiger partial charge on any atom is -0.391 e. The van der Waals surface area contributed by atoms with Crippen LogP contribution in [0.2, 0.25) is 0 Å². The zero-order valence-corrected chi connectivity index (χ0v) is 14.8. The van der Waals surface area contributed by atoms with E-state index in [0.717, 1.165) is 18.5 Å². The molecule has 3 N–H and O–H groups in total. The molecule has 1 saturated heterocycles. The van der Waals surface area contributed by atoms with Gasteiger partial charge in [-0.15, -0.1) is 0 Å². The molecule has 0 aromatic heterocycles. The molecule has 1 heterocycles. The van der Waals surface area contributed by atoms with Gasteiger partial charge in [0, 0.05) is 38.8 Å². The summed E-state index contributed by atoms with van der Waals surface area (Å²) in [5, 5.41) is 17.3. The number of likely N-dealkylation sites (tertiary alicyclic amines) is 1. The van der Waals surface area contributed by atoms with Crippen LogP contribution < -0.4 is 10.6 Å². The maximum atomic E-state index is 10.4. The highest BCUT2D eigenvalue weighted by atomic mass is 16.3. The summed E-state index contributed by atoms with van der Waals surface area (Å²) in [6.07, 6.45) is 8.71. The van der Waals surface area contributed by atoms with Crippen LogP contribution in [0.15, 0.2) is 4.99 Å². The third kappa shape index (κ3) is 4.60. The summed E-state index contributed by atoms with van der Waals surface area (Å²) in [7, 11) is 1.82. The minimum atomic E-state index is -0.252. The minimum absolute atomic E-state index is 0.252. The Hall–Kier alpha value is -0.810. The van der Waals surface area contributed by atoms with Crippen molar-refractivity contribution in [2.24, 2.45) is 16.8 Å². The van der Waals surface area contributed by atoms with Gasteiger partial charge >= 0.3 is 0 Å². The van der Waals surface area contributed by atoms with Crippen LogP contribution in [0.25, 0.3) is 0 Å².